The van der Waals surface area contributed by atoms with E-state index in [0.29, 0.717) is 0 Å². The second-order valence-corrected chi connectivity index (χ2v) is 5.56. The van der Waals surface area contributed by atoms with E-state index < -0.39 is 12.0 Å². The van der Waals surface area contributed by atoms with Crippen LogP contribution in [0, 0.1) is 5.92 Å². The quantitative estimate of drug-likeness (QED) is 0.865. The van der Waals surface area contributed by atoms with Gasteiger partial charge in [-0.2, -0.15) is 0 Å². The first-order chi connectivity index (χ1) is 9.11. The van der Waals surface area contributed by atoms with Crippen molar-refractivity contribution in [3.63, 3.8) is 0 Å². The standard InChI is InChI=1S/C14H16BrNO3/c1-19-14(18)12(9-5-7-11(15)8-6-9)16-13(17)10-3-2-4-10/h5-8,10,12H,2-4H2,1H3,(H,16,17). The Morgan fingerprint density at radius 1 is 1.32 bits per heavy atom. The number of esters is 1. The Balaban J connectivity index is 2.13. The summed E-state index contributed by atoms with van der Waals surface area (Å²) in [7, 11) is 1.32. The molecule has 2 rings (SSSR count). The summed E-state index contributed by atoms with van der Waals surface area (Å²) < 4.78 is 5.69. The normalized spacial score (nSPS) is 16.3. The Morgan fingerprint density at radius 2 is 1.95 bits per heavy atom. The first-order valence-electron chi connectivity index (χ1n) is 6.25. The largest absolute Gasteiger partial charge is 0.467 e. The van der Waals surface area contributed by atoms with Crippen LogP contribution in [0.25, 0.3) is 0 Å². The monoisotopic (exact) mass is 325 g/mol. The number of halogens is 1. The van der Waals surface area contributed by atoms with Gasteiger partial charge in [-0.25, -0.2) is 4.79 Å². The zero-order valence-corrected chi connectivity index (χ0v) is 12.3. The van der Waals surface area contributed by atoms with Gasteiger partial charge in [-0.1, -0.05) is 34.5 Å². The van der Waals surface area contributed by atoms with E-state index in [2.05, 4.69) is 21.2 Å². The number of methoxy groups -OCH3 is 1. The molecule has 0 bridgehead atoms. The van der Waals surface area contributed by atoms with E-state index >= 15 is 0 Å². The van der Waals surface area contributed by atoms with Crippen molar-refractivity contribution in [3.8, 4) is 0 Å². The number of hydrogen-bond acceptors (Lipinski definition) is 3. The lowest BCUT2D eigenvalue weighted by molar-refractivity contribution is -0.146. The van der Waals surface area contributed by atoms with Gasteiger partial charge < -0.3 is 10.1 Å². The maximum Gasteiger partial charge on any atom is 0.333 e. The van der Waals surface area contributed by atoms with Gasteiger partial charge in [0, 0.05) is 10.4 Å². The highest BCUT2D eigenvalue weighted by atomic mass is 79.9. The minimum atomic E-state index is -0.730. The first kappa shape index (κ1) is 14.1. The van der Waals surface area contributed by atoms with Crippen LogP contribution < -0.4 is 5.32 Å². The van der Waals surface area contributed by atoms with E-state index in [-0.39, 0.29) is 11.8 Å². The molecule has 0 spiro atoms. The van der Waals surface area contributed by atoms with Crippen LogP contribution in [0.2, 0.25) is 0 Å². The van der Waals surface area contributed by atoms with Gasteiger partial charge in [0.1, 0.15) is 0 Å². The van der Waals surface area contributed by atoms with Crippen molar-refractivity contribution >= 4 is 27.8 Å². The number of carbonyl (C=O) groups excluding carboxylic acids is 2. The van der Waals surface area contributed by atoms with E-state index in [4.69, 9.17) is 4.74 Å². The van der Waals surface area contributed by atoms with E-state index in [1.165, 1.54) is 7.11 Å². The fourth-order valence-electron chi connectivity index (χ4n) is 1.98. The Bertz CT molecular complexity index is 468. The SMILES string of the molecule is COC(=O)C(NC(=O)C1CCC1)c1ccc(Br)cc1. The van der Waals surface area contributed by atoms with Crippen LogP contribution in [0.4, 0.5) is 0 Å². The molecule has 1 atom stereocenters. The molecule has 0 radical (unpaired) electrons. The molecular formula is C14H16BrNO3. The van der Waals surface area contributed by atoms with Crippen molar-refractivity contribution in [2.75, 3.05) is 7.11 Å². The van der Waals surface area contributed by atoms with Gasteiger partial charge in [-0.15, -0.1) is 0 Å². The molecule has 0 heterocycles. The predicted octanol–water partition coefficient (Wildman–Crippen LogP) is 2.58. The number of hydrogen-bond donors (Lipinski definition) is 1. The van der Waals surface area contributed by atoms with E-state index in [1.807, 2.05) is 12.1 Å². The fourth-order valence-corrected chi connectivity index (χ4v) is 2.25. The van der Waals surface area contributed by atoms with E-state index in [1.54, 1.807) is 12.1 Å². The van der Waals surface area contributed by atoms with Gasteiger partial charge in [0.25, 0.3) is 0 Å². The second-order valence-electron chi connectivity index (χ2n) is 4.64. The van der Waals surface area contributed by atoms with Gasteiger partial charge in [0.15, 0.2) is 6.04 Å². The molecule has 102 valence electrons. The number of ether oxygens (including phenoxy) is 1. The van der Waals surface area contributed by atoms with Gasteiger partial charge in [-0.05, 0) is 30.5 Å². The van der Waals surface area contributed by atoms with Crippen LogP contribution >= 0.6 is 15.9 Å². The summed E-state index contributed by atoms with van der Waals surface area (Å²) in [6.45, 7) is 0. The second kappa shape index (κ2) is 6.19. The van der Waals surface area contributed by atoms with E-state index in [9.17, 15) is 9.59 Å². The summed E-state index contributed by atoms with van der Waals surface area (Å²) in [4.78, 5) is 23.8. The molecule has 5 heteroatoms. The predicted molar refractivity (Wildman–Crippen MR) is 74.4 cm³/mol. The Labute approximate surface area is 120 Å². The minimum Gasteiger partial charge on any atom is -0.467 e. The summed E-state index contributed by atoms with van der Waals surface area (Å²) in [6, 6.07) is 6.53. The topological polar surface area (TPSA) is 55.4 Å². The molecule has 1 aromatic carbocycles. The van der Waals surface area contributed by atoms with Crippen molar-refractivity contribution in [2.45, 2.75) is 25.3 Å². The fraction of sp³-hybridized carbons (Fsp3) is 0.429. The zero-order chi connectivity index (χ0) is 13.8. The molecule has 4 nitrogen and oxygen atoms in total. The smallest absolute Gasteiger partial charge is 0.333 e. The molecule has 1 fully saturated rings. The van der Waals surface area contributed by atoms with Crippen LogP contribution in [0.1, 0.15) is 30.9 Å². The average molecular weight is 326 g/mol. The van der Waals surface area contributed by atoms with Crippen molar-refractivity contribution in [3.05, 3.63) is 34.3 Å². The Hall–Kier alpha value is -1.36. The lowest BCUT2D eigenvalue weighted by Gasteiger charge is -2.26. The van der Waals surface area contributed by atoms with Crippen molar-refractivity contribution < 1.29 is 14.3 Å². The summed E-state index contributed by atoms with van der Waals surface area (Å²) >= 11 is 3.34. The van der Waals surface area contributed by atoms with Gasteiger partial charge in [0.05, 0.1) is 7.11 Å². The third kappa shape index (κ3) is 3.35. The number of rotatable bonds is 4. The molecular weight excluding hydrogens is 310 g/mol. The Morgan fingerprint density at radius 3 is 2.42 bits per heavy atom. The average Bonchev–Trinajstić information content (AvgIpc) is 2.34. The van der Waals surface area contributed by atoms with Crippen LogP contribution in [-0.2, 0) is 14.3 Å². The summed E-state index contributed by atoms with van der Waals surface area (Å²) in [5, 5.41) is 2.78. The molecule has 1 N–H and O–H groups in total. The lowest BCUT2D eigenvalue weighted by Crippen LogP contribution is -2.40. The molecule has 0 aliphatic heterocycles. The van der Waals surface area contributed by atoms with Gasteiger partial charge in [-0.3, -0.25) is 4.79 Å². The molecule has 19 heavy (non-hydrogen) atoms. The number of carbonyl (C=O) groups is 2. The van der Waals surface area contributed by atoms with Crippen molar-refractivity contribution in [1.29, 1.82) is 0 Å². The third-order valence-electron chi connectivity index (χ3n) is 3.40. The highest BCUT2D eigenvalue weighted by molar-refractivity contribution is 9.10. The van der Waals surface area contributed by atoms with Gasteiger partial charge in [0.2, 0.25) is 5.91 Å². The summed E-state index contributed by atoms with van der Waals surface area (Å²) in [5.41, 5.74) is 0.725. The molecule has 1 amide bonds. The highest BCUT2D eigenvalue weighted by Gasteiger charge is 2.30. The van der Waals surface area contributed by atoms with Gasteiger partial charge >= 0.3 is 5.97 Å². The van der Waals surface area contributed by atoms with Crippen LogP contribution in [0.3, 0.4) is 0 Å². The maximum absolute atomic E-state index is 12.0. The summed E-state index contributed by atoms with van der Waals surface area (Å²) in [6.07, 6.45) is 2.89. The van der Waals surface area contributed by atoms with Crippen LogP contribution in [0.15, 0.2) is 28.7 Å². The molecule has 1 unspecified atom stereocenters. The molecule has 1 aromatic rings. The number of amides is 1. The lowest BCUT2D eigenvalue weighted by atomic mass is 9.84. The maximum atomic E-state index is 12.0. The van der Waals surface area contributed by atoms with Crippen molar-refractivity contribution in [2.24, 2.45) is 5.92 Å². The molecule has 1 saturated carbocycles. The molecule has 1 aliphatic carbocycles. The van der Waals surface area contributed by atoms with E-state index in [0.717, 1.165) is 29.3 Å². The summed E-state index contributed by atoms with van der Waals surface area (Å²) in [5.74, 6) is -0.470. The van der Waals surface area contributed by atoms with Crippen molar-refractivity contribution in [1.82, 2.24) is 5.32 Å². The zero-order valence-electron chi connectivity index (χ0n) is 10.7. The highest BCUT2D eigenvalue weighted by Crippen LogP contribution is 2.27. The van der Waals surface area contributed by atoms with Crippen LogP contribution in [0.5, 0.6) is 0 Å². The first-order valence-corrected chi connectivity index (χ1v) is 7.05. The third-order valence-corrected chi connectivity index (χ3v) is 3.93. The minimum absolute atomic E-state index is 0.0441. The molecule has 1 aliphatic rings. The van der Waals surface area contributed by atoms with Crippen LogP contribution in [-0.4, -0.2) is 19.0 Å². The Kier molecular flexibility index (Phi) is 4.58. The molecule has 0 saturated heterocycles. The molecule has 0 aromatic heterocycles. The number of nitrogens with one attached hydrogen (secondary N) is 1. The number of benzene rings is 1.